The molecule has 3 nitrogen and oxygen atoms in total. The van der Waals surface area contributed by atoms with Crippen LogP contribution in [0.5, 0.6) is 0 Å². The molecule has 0 bridgehead atoms. The van der Waals surface area contributed by atoms with Crippen LogP contribution in [0, 0.1) is 11.6 Å². The maximum Gasteiger partial charge on any atom is 0.272 e. The lowest BCUT2D eigenvalue weighted by Crippen LogP contribution is -2.11. The predicted octanol–water partition coefficient (Wildman–Crippen LogP) is 2.79. The van der Waals surface area contributed by atoms with Gasteiger partial charge in [0.2, 0.25) is 0 Å². The third-order valence-electron chi connectivity index (χ3n) is 3.13. The Morgan fingerprint density at radius 1 is 1.00 bits per heavy atom. The van der Waals surface area contributed by atoms with Crippen molar-refractivity contribution in [2.24, 2.45) is 0 Å². The highest BCUT2D eigenvalue weighted by Gasteiger charge is 2.08. The standard InChI is InChI=1S/C15H10F2N2O/c16-12-6-5-9(7-13(12)17)8-14-10-3-1-2-4-11(10)15(20)19-18-14/h1-7H,8H2,(H,19,20). The zero-order valence-electron chi connectivity index (χ0n) is 10.4. The third-order valence-corrected chi connectivity index (χ3v) is 3.13. The van der Waals surface area contributed by atoms with Crippen LogP contribution in [-0.4, -0.2) is 10.2 Å². The Balaban J connectivity index is 2.09. The van der Waals surface area contributed by atoms with Crippen molar-refractivity contribution in [3.63, 3.8) is 0 Å². The molecule has 3 aromatic rings. The Kier molecular flexibility index (Phi) is 3.02. The molecule has 1 heterocycles. The molecule has 20 heavy (non-hydrogen) atoms. The molecule has 0 atom stereocenters. The van der Waals surface area contributed by atoms with E-state index >= 15 is 0 Å². The van der Waals surface area contributed by atoms with Gasteiger partial charge in [0.1, 0.15) is 0 Å². The largest absolute Gasteiger partial charge is 0.272 e. The van der Waals surface area contributed by atoms with Gasteiger partial charge in [-0.05, 0) is 23.8 Å². The van der Waals surface area contributed by atoms with Crippen molar-refractivity contribution in [2.75, 3.05) is 0 Å². The first-order chi connectivity index (χ1) is 9.65. The van der Waals surface area contributed by atoms with Crippen molar-refractivity contribution in [3.8, 4) is 0 Å². The number of benzene rings is 2. The number of fused-ring (bicyclic) bond motifs is 1. The van der Waals surface area contributed by atoms with Crippen LogP contribution in [0.1, 0.15) is 11.3 Å². The van der Waals surface area contributed by atoms with Gasteiger partial charge < -0.3 is 0 Å². The van der Waals surface area contributed by atoms with Gasteiger partial charge in [0.25, 0.3) is 5.56 Å². The number of aromatic nitrogens is 2. The Morgan fingerprint density at radius 3 is 2.50 bits per heavy atom. The summed E-state index contributed by atoms with van der Waals surface area (Å²) in [5, 5.41) is 7.65. The van der Waals surface area contributed by atoms with E-state index in [1.807, 2.05) is 0 Å². The fraction of sp³-hybridized carbons (Fsp3) is 0.0667. The molecule has 0 radical (unpaired) electrons. The summed E-state index contributed by atoms with van der Waals surface area (Å²) in [6, 6.07) is 10.8. The minimum atomic E-state index is -0.892. The molecule has 0 saturated carbocycles. The van der Waals surface area contributed by atoms with E-state index in [0.717, 1.165) is 12.1 Å². The quantitative estimate of drug-likeness (QED) is 0.779. The summed E-state index contributed by atoms with van der Waals surface area (Å²) < 4.78 is 26.1. The Labute approximate surface area is 112 Å². The Morgan fingerprint density at radius 2 is 1.75 bits per heavy atom. The van der Waals surface area contributed by atoms with E-state index in [4.69, 9.17) is 0 Å². The first kappa shape index (κ1) is 12.5. The van der Waals surface area contributed by atoms with Crippen LogP contribution in [-0.2, 0) is 6.42 Å². The van der Waals surface area contributed by atoms with Crippen molar-refractivity contribution < 1.29 is 8.78 Å². The van der Waals surface area contributed by atoms with Crippen molar-refractivity contribution >= 4 is 10.8 Å². The molecule has 1 N–H and O–H groups in total. The van der Waals surface area contributed by atoms with Crippen LogP contribution in [0.3, 0.4) is 0 Å². The Bertz CT molecular complexity index is 843. The fourth-order valence-electron chi connectivity index (χ4n) is 2.15. The van der Waals surface area contributed by atoms with Gasteiger partial charge in [-0.1, -0.05) is 24.3 Å². The smallest absolute Gasteiger partial charge is 0.267 e. The molecule has 0 fully saturated rings. The number of hydrogen-bond donors (Lipinski definition) is 1. The van der Waals surface area contributed by atoms with Crippen molar-refractivity contribution in [1.82, 2.24) is 10.2 Å². The monoisotopic (exact) mass is 272 g/mol. The number of halogens is 2. The van der Waals surface area contributed by atoms with E-state index in [0.29, 0.717) is 28.5 Å². The van der Waals surface area contributed by atoms with Crippen molar-refractivity contribution in [1.29, 1.82) is 0 Å². The van der Waals surface area contributed by atoms with Crippen LogP contribution in [0.25, 0.3) is 10.8 Å². The van der Waals surface area contributed by atoms with Gasteiger partial charge in [0.15, 0.2) is 11.6 Å². The number of nitrogens with zero attached hydrogens (tertiary/aromatic N) is 1. The number of rotatable bonds is 2. The minimum Gasteiger partial charge on any atom is -0.267 e. The summed E-state index contributed by atoms with van der Waals surface area (Å²) in [4.78, 5) is 11.7. The van der Waals surface area contributed by atoms with Gasteiger partial charge in [-0.25, -0.2) is 13.9 Å². The summed E-state index contributed by atoms with van der Waals surface area (Å²) >= 11 is 0. The summed E-state index contributed by atoms with van der Waals surface area (Å²) in [7, 11) is 0. The van der Waals surface area contributed by atoms with Crippen molar-refractivity contribution in [3.05, 3.63) is 75.7 Å². The summed E-state index contributed by atoms with van der Waals surface area (Å²) in [6.07, 6.45) is 0.314. The SMILES string of the molecule is O=c1[nH]nc(Cc2ccc(F)c(F)c2)c2ccccc12. The molecular formula is C15H10F2N2O. The first-order valence-corrected chi connectivity index (χ1v) is 6.05. The lowest BCUT2D eigenvalue weighted by Gasteiger charge is -2.05. The van der Waals surface area contributed by atoms with Gasteiger partial charge in [0, 0.05) is 11.8 Å². The number of nitrogens with one attached hydrogen (secondary N) is 1. The lowest BCUT2D eigenvalue weighted by atomic mass is 10.0. The van der Waals surface area contributed by atoms with E-state index < -0.39 is 11.6 Å². The topological polar surface area (TPSA) is 45.8 Å². The molecule has 0 aliphatic carbocycles. The highest BCUT2D eigenvalue weighted by atomic mass is 19.2. The lowest BCUT2D eigenvalue weighted by molar-refractivity contribution is 0.507. The average molecular weight is 272 g/mol. The molecule has 2 aromatic carbocycles. The zero-order valence-corrected chi connectivity index (χ0v) is 10.4. The van der Waals surface area contributed by atoms with E-state index in [2.05, 4.69) is 10.2 Å². The van der Waals surface area contributed by atoms with Crippen LogP contribution in [0.4, 0.5) is 8.78 Å². The number of H-pyrrole nitrogens is 1. The number of hydrogen-bond acceptors (Lipinski definition) is 2. The van der Waals surface area contributed by atoms with E-state index in [1.54, 1.807) is 24.3 Å². The Hall–Kier alpha value is -2.56. The van der Waals surface area contributed by atoms with Gasteiger partial charge in [-0.3, -0.25) is 4.79 Å². The maximum absolute atomic E-state index is 13.2. The maximum atomic E-state index is 13.2. The van der Waals surface area contributed by atoms with Gasteiger partial charge in [-0.2, -0.15) is 5.10 Å². The molecule has 0 amide bonds. The molecule has 0 unspecified atom stereocenters. The fourth-order valence-corrected chi connectivity index (χ4v) is 2.15. The molecular weight excluding hydrogens is 262 g/mol. The van der Waals surface area contributed by atoms with Gasteiger partial charge in [0.05, 0.1) is 11.1 Å². The summed E-state index contributed by atoms with van der Waals surface area (Å²) in [5.74, 6) is -1.77. The molecule has 1 aromatic heterocycles. The molecule has 0 aliphatic heterocycles. The van der Waals surface area contributed by atoms with Crippen molar-refractivity contribution in [2.45, 2.75) is 6.42 Å². The van der Waals surface area contributed by atoms with E-state index in [1.165, 1.54) is 6.07 Å². The molecule has 0 saturated heterocycles. The highest BCUT2D eigenvalue weighted by Crippen LogP contribution is 2.17. The second kappa shape index (κ2) is 4.85. The van der Waals surface area contributed by atoms with Crippen LogP contribution >= 0.6 is 0 Å². The second-order valence-electron chi connectivity index (χ2n) is 4.47. The molecule has 100 valence electrons. The van der Waals surface area contributed by atoms with Crippen LogP contribution < -0.4 is 5.56 Å². The van der Waals surface area contributed by atoms with Crippen LogP contribution in [0.15, 0.2) is 47.3 Å². The predicted molar refractivity (Wildman–Crippen MR) is 71.5 cm³/mol. The second-order valence-corrected chi connectivity index (χ2v) is 4.47. The summed E-state index contributed by atoms with van der Waals surface area (Å²) in [5.41, 5.74) is 0.939. The highest BCUT2D eigenvalue weighted by molar-refractivity contribution is 5.83. The molecule has 0 spiro atoms. The minimum absolute atomic E-state index is 0.269. The normalized spacial score (nSPS) is 10.9. The third kappa shape index (κ3) is 2.18. The van der Waals surface area contributed by atoms with Gasteiger partial charge in [-0.15, -0.1) is 0 Å². The van der Waals surface area contributed by atoms with E-state index in [-0.39, 0.29) is 5.56 Å². The number of aromatic amines is 1. The molecule has 3 rings (SSSR count). The van der Waals surface area contributed by atoms with Gasteiger partial charge >= 0.3 is 0 Å². The average Bonchev–Trinajstić information content (AvgIpc) is 2.46. The zero-order chi connectivity index (χ0) is 14.1. The molecule has 5 heteroatoms. The molecule has 0 aliphatic rings. The summed E-state index contributed by atoms with van der Waals surface area (Å²) in [6.45, 7) is 0. The van der Waals surface area contributed by atoms with Crippen LogP contribution in [0.2, 0.25) is 0 Å². The van der Waals surface area contributed by atoms with E-state index in [9.17, 15) is 13.6 Å². The first-order valence-electron chi connectivity index (χ1n) is 6.05.